The number of benzene rings is 2. The van der Waals surface area contributed by atoms with Gasteiger partial charge in [-0.3, -0.25) is 0 Å². The lowest BCUT2D eigenvalue weighted by molar-refractivity contribution is 0.580. The molecule has 0 amide bonds. The predicted octanol–water partition coefficient (Wildman–Crippen LogP) is 3.17. The normalized spacial score (nSPS) is 20.2. The molecule has 2 saturated heterocycles. The van der Waals surface area contributed by atoms with Gasteiger partial charge in [0.2, 0.25) is 0 Å². The fourth-order valence-corrected chi connectivity index (χ4v) is 5.82. The van der Waals surface area contributed by atoms with Gasteiger partial charge in [0, 0.05) is 54.2 Å². The lowest BCUT2D eigenvalue weighted by atomic mass is 10.2. The van der Waals surface area contributed by atoms with E-state index in [1.807, 2.05) is 6.07 Å². The SMILES string of the molecule is N#Cc1ccccc1[S+]([O-])n1ncc2cnc(Nc3ccc(N4CC5CC4CN5)cc3)cc21. The molecule has 2 aliphatic heterocycles. The first kappa shape index (κ1) is 20.1. The minimum absolute atomic E-state index is 0.369. The Balaban J connectivity index is 1.25. The summed E-state index contributed by atoms with van der Waals surface area (Å²) in [4.78, 5) is 7.38. The molecule has 2 bridgehead atoms. The Labute approximate surface area is 194 Å². The van der Waals surface area contributed by atoms with Crippen molar-refractivity contribution in [3.8, 4) is 6.07 Å². The summed E-state index contributed by atoms with van der Waals surface area (Å²) in [7, 11) is 0. The quantitative estimate of drug-likeness (QED) is 0.445. The highest BCUT2D eigenvalue weighted by atomic mass is 32.2. The molecule has 4 heterocycles. The minimum Gasteiger partial charge on any atom is -0.586 e. The fraction of sp³-hybridized carbons (Fsp3) is 0.208. The van der Waals surface area contributed by atoms with E-state index in [4.69, 9.17) is 0 Å². The first-order valence-electron chi connectivity index (χ1n) is 10.8. The Morgan fingerprint density at radius 1 is 1.15 bits per heavy atom. The smallest absolute Gasteiger partial charge is 0.199 e. The number of nitriles is 1. The van der Waals surface area contributed by atoms with E-state index in [-0.39, 0.29) is 0 Å². The first-order chi connectivity index (χ1) is 16.2. The second-order valence-electron chi connectivity index (χ2n) is 8.32. The van der Waals surface area contributed by atoms with Crippen LogP contribution in [0.3, 0.4) is 0 Å². The van der Waals surface area contributed by atoms with Crippen LogP contribution >= 0.6 is 0 Å². The number of hydrogen-bond acceptors (Lipinski definition) is 7. The molecule has 2 aromatic carbocycles. The summed E-state index contributed by atoms with van der Waals surface area (Å²) in [5.74, 6) is 0.631. The van der Waals surface area contributed by atoms with Crippen molar-refractivity contribution in [2.45, 2.75) is 23.4 Å². The second-order valence-corrected chi connectivity index (χ2v) is 9.61. The maximum absolute atomic E-state index is 13.2. The van der Waals surface area contributed by atoms with Crippen molar-refractivity contribution in [2.24, 2.45) is 0 Å². The number of fused-ring (bicyclic) bond motifs is 3. The molecule has 0 aliphatic carbocycles. The molecule has 2 aliphatic rings. The first-order valence-corrected chi connectivity index (χ1v) is 11.9. The predicted molar refractivity (Wildman–Crippen MR) is 128 cm³/mol. The van der Waals surface area contributed by atoms with Crippen LogP contribution in [0, 0.1) is 11.3 Å². The third-order valence-corrected chi connectivity index (χ3v) is 7.64. The van der Waals surface area contributed by atoms with Crippen LogP contribution in [-0.2, 0) is 11.4 Å². The highest BCUT2D eigenvalue weighted by Gasteiger charge is 2.37. The van der Waals surface area contributed by atoms with Crippen LogP contribution in [-0.4, -0.2) is 43.9 Å². The molecule has 3 unspecified atom stereocenters. The van der Waals surface area contributed by atoms with Gasteiger partial charge >= 0.3 is 0 Å². The van der Waals surface area contributed by atoms with Crippen LogP contribution in [0.4, 0.5) is 17.2 Å². The van der Waals surface area contributed by atoms with E-state index in [0.717, 1.165) is 24.2 Å². The molecule has 0 saturated carbocycles. The molecule has 33 heavy (non-hydrogen) atoms. The lowest BCUT2D eigenvalue weighted by Crippen LogP contribution is -2.43. The standard InChI is InChI=1S/C24H21N7OS/c25-11-16-3-1-2-4-23(16)33(32)31-22-10-24(27-12-17(22)13-28-31)29-18-5-7-20(8-6-18)30-15-19-9-21(30)14-26-19/h1-8,10,12-13,19,21,26H,9,14-15H2,(H,27,29). The van der Waals surface area contributed by atoms with Gasteiger partial charge in [0.25, 0.3) is 0 Å². The molecule has 8 nitrogen and oxygen atoms in total. The molecule has 0 spiro atoms. The highest BCUT2D eigenvalue weighted by molar-refractivity contribution is 7.90. The van der Waals surface area contributed by atoms with Crippen LogP contribution in [0.1, 0.15) is 12.0 Å². The van der Waals surface area contributed by atoms with Crippen LogP contribution in [0.15, 0.2) is 71.9 Å². The van der Waals surface area contributed by atoms with Gasteiger partial charge in [-0.2, -0.15) is 5.26 Å². The second kappa shape index (κ2) is 8.08. The average Bonchev–Trinajstić information content (AvgIpc) is 3.60. The number of rotatable bonds is 5. The van der Waals surface area contributed by atoms with Crippen molar-refractivity contribution in [3.63, 3.8) is 0 Å². The topological polar surface area (TPSA) is 105 Å². The maximum Gasteiger partial charge on any atom is 0.199 e. The number of nitrogens with one attached hydrogen (secondary N) is 2. The number of aromatic nitrogens is 3. The molecule has 2 fully saturated rings. The Kier molecular flexibility index (Phi) is 4.91. The van der Waals surface area contributed by atoms with Gasteiger partial charge in [-0.05, 0) is 42.8 Å². The van der Waals surface area contributed by atoms with Crippen molar-refractivity contribution in [3.05, 3.63) is 72.6 Å². The number of nitrogens with zero attached hydrogens (tertiary/aromatic N) is 5. The van der Waals surface area contributed by atoms with E-state index in [1.165, 1.54) is 16.2 Å². The summed E-state index contributed by atoms with van der Waals surface area (Å²) in [6.07, 6.45) is 4.56. The van der Waals surface area contributed by atoms with Crippen molar-refractivity contribution < 1.29 is 4.55 Å². The van der Waals surface area contributed by atoms with Crippen molar-refractivity contribution in [2.75, 3.05) is 23.3 Å². The average molecular weight is 456 g/mol. The molecule has 9 heteroatoms. The molecular formula is C24H21N7OS. The van der Waals surface area contributed by atoms with Crippen molar-refractivity contribution in [1.29, 1.82) is 5.26 Å². The van der Waals surface area contributed by atoms with Crippen LogP contribution in [0.5, 0.6) is 0 Å². The Morgan fingerprint density at radius 2 is 2.00 bits per heavy atom. The largest absolute Gasteiger partial charge is 0.586 e. The Bertz CT molecular complexity index is 1360. The molecule has 164 valence electrons. The molecule has 2 N–H and O–H groups in total. The molecule has 0 radical (unpaired) electrons. The zero-order chi connectivity index (χ0) is 22.4. The number of anilines is 3. The Morgan fingerprint density at radius 3 is 2.76 bits per heavy atom. The number of piperazine rings is 1. The van der Waals surface area contributed by atoms with Crippen LogP contribution in [0.2, 0.25) is 0 Å². The van der Waals surface area contributed by atoms with Gasteiger partial charge in [-0.25, -0.2) is 4.98 Å². The van der Waals surface area contributed by atoms with Gasteiger partial charge in [0.1, 0.15) is 34.3 Å². The Hall–Kier alpha value is -3.58. The van der Waals surface area contributed by atoms with E-state index < -0.39 is 11.4 Å². The zero-order valence-corrected chi connectivity index (χ0v) is 18.5. The zero-order valence-electron chi connectivity index (χ0n) is 17.7. The van der Waals surface area contributed by atoms with Crippen molar-refractivity contribution in [1.82, 2.24) is 19.5 Å². The third kappa shape index (κ3) is 3.58. The van der Waals surface area contributed by atoms with Crippen LogP contribution < -0.4 is 15.5 Å². The number of pyridine rings is 1. The molecular weight excluding hydrogens is 434 g/mol. The third-order valence-electron chi connectivity index (χ3n) is 6.30. The maximum atomic E-state index is 13.2. The molecule has 3 atom stereocenters. The van der Waals surface area contributed by atoms with Crippen molar-refractivity contribution >= 4 is 39.5 Å². The van der Waals surface area contributed by atoms with E-state index in [1.54, 1.807) is 36.7 Å². The van der Waals surface area contributed by atoms with Gasteiger partial charge in [0.05, 0.1) is 6.20 Å². The van der Waals surface area contributed by atoms with Gasteiger partial charge in [-0.15, -0.1) is 5.10 Å². The number of hydrogen-bond donors (Lipinski definition) is 2. The van der Waals surface area contributed by atoms with Gasteiger partial charge in [0.15, 0.2) is 4.90 Å². The van der Waals surface area contributed by atoms with E-state index in [2.05, 4.69) is 56.0 Å². The summed E-state index contributed by atoms with van der Waals surface area (Å²) in [5, 5.41) is 21.3. The minimum atomic E-state index is -1.65. The van der Waals surface area contributed by atoms with E-state index in [0.29, 0.717) is 33.9 Å². The molecule has 2 aromatic heterocycles. The lowest BCUT2D eigenvalue weighted by Gasteiger charge is -2.29. The van der Waals surface area contributed by atoms with E-state index in [9.17, 15) is 9.81 Å². The van der Waals surface area contributed by atoms with Crippen LogP contribution in [0.25, 0.3) is 10.9 Å². The monoisotopic (exact) mass is 455 g/mol. The molecule has 6 rings (SSSR count). The molecule has 4 aromatic rings. The van der Waals surface area contributed by atoms with Gasteiger partial charge < -0.3 is 20.1 Å². The summed E-state index contributed by atoms with van der Waals surface area (Å²) >= 11 is -1.65. The summed E-state index contributed by atoms with van der Waals surface area (Å²) < 4.78 is 14.6. The van der Waals surface area contributed by atoms with E-state index >= 15 is 0 Å². The summed E-state index contributed by atoms with van der Waals surface area (Å²) in [6, 6.07) is 20.4. The summed E-state index contributed by atoms with van der Waals surface area (Å²) in [5.41, 5.74) is 3.21. The van der Waals surface area contributed by atoms with Gasteiger partial charge in [-0.1, -0.05) is 16.2 Å². The fourth-order valence-electron chi connectivity index (χ4n) is 4.66. The summed E-state index contributed by atoms with van der Waals surface area (Å²) in [6.45, 7) is 2.12. The highest BCUT2D eigenvalue weighted by Crippen LogP contribution is 2.31.